The lowest BCUT2D eigenvalue weighted by molar-refractivity contribution is -0.104. The van der Waals surface area contributed by atoms with Gasteiger partial charge in [0.05, 0.1) is 0 Å². The Morgan fingerprint density at radius 3 is 2.79 bits per heavy atom. The van der Waals surface area contributed by atoms with E-state index in [0.717, 1.165) is 18.5 Å². The standard InChI is InChI=1S/C10H16N2O2/c1-9(3-7-13)11-5-6-12-10(2)4-8-14/h3-4,7,10-12H,5-6H2,1-2H3. The van der Waals surface area contributed by atoms with Crippen LogP contribution in [0.25, 0.3) is 0 Å². The lowest BCUT2D eigenvalue weighted by atomic mass is 10.3. The second-order valence-electron chi connectivity index (χ2n) is 2.94. The third kappa shape index (κ3) is 7.28. The number of allylic oxidation sites excluding steroid dienone is 2. The summed E-state index contributed by atoms with van der Waals surface area (Å²) in [5.41, 5.74) is 0.834. The van der Waals surface area contributed by atoms with E-state index in [2.05, 4.69) is 10.6 Å². The van der Waals surface area contributed by atoms with Crippen LogP contribution in [0.2, 0.25) is 0 Å². The monoisotopic (exact) mass is 196 g/mol. The van der Waals surface area contributed by atoms with Gasteiger partial charge in [0.1, 0.15) is 12.2 Å². The summed E-state index contributed by atoms with van der Waals surface area (Å²) in [6, 6.07) is 0.0321. The van der Waals surface area contributed by atoms with Crippen molar-refractivity contribution >= 4 is 12.2 Å². The predicted octanol–water partition coefficient (Wildman–Crippen LogP) is 0.0446. The van der Waals surface area contributed by atoms with Crippen LogP contribution in [0, 0.1) is 0 Å². The average Bonchev–Trinajstić information content (AvgIpc) is 2.13. The van der Waals surface area contributed by atoms with E-state index in [9.17, 15) is 9.59 Å². The Morgan fingerprint density at radius 2 is 2.21 bits per heavy atom. The largest absolute Gasteiger partial charge is 0.387 e. The Morgan fingerprint density at radius 1 is 1.50 bits per heavy atom. The number of carbonyl (C=O) groups excluding carboxylic acids is 2. The molecule has 4 nitrogen and oxygen atoms in total. The summed E-state index contributed by atoms with van der Waals surface area (Å²) in [5.74, 6) is 1.72. The molecule has 0 aromatic heterocycles. The van der Waals surface area contributed by atoms with Gasteiger partial charge in [0, 0.05) is 30.9 Å². The van der Waals surface area contributed by atoms with Crippen LogP contribution in [0.3, 0.4) is 0 Å². The fourth-order valence-corrected chi connectivity index (χ4v) is 0.881. The van der Waals surface area contributed by atoms with Crippen LogP contribution in [0.15, 0.2) is 17.8 Å². The van der Waals surface area contributed by atoms with E-state index in [0.29, 0.717) is 6.54 Å². The van der Waals surface area contributed by atoms with Gasteiger partial charge in [-0.1, -0.05) is 0 Å². The first kappa shape index (κ1) is 12.6. The Labute approximate surface area is 84.1 Å². The molecule has 78 valence electrons. The van der Waals surface area contributed by atoms with Crippen molar-refractivity contribution in [1.82, 2.24) is 10.6 Å². The number of carbonyl (C=O) groups is 1. The van der Waals surface area contributed by atoms with E-state index in [1.807, 2.05) is 13.8 Å². The Balaban J connectivity index is 3.51. The van der Waals surface area contributed by atoms with Gasteiger partial charge >= 0.3 is 0 Å². The van der Waals surface area contributed by atoms with Gasteiger partial charge in [-0.2, -0.15) is 0 Å². The molecule has 0 aliphatic heterocycles. The summed E-state index contributed by atoms with van der Waals surface area (Å²) in [4.78, 5) is 20.0. The van der Waals surface area contributed by atoms with Crippen molar-refractivity contribution in [2.24, 2.45) is 0 Å². The lowest BCUT2D eigenvalue weighted by Gasteiger charge is -2.09. The summed E-state index contributed by atoms with van der Waals surface area (Å²) in [6.07, 6.45) is 3.64. The van der Waals surface area contributed by atoms with Crippen molar-refractivity contribution in [1.29, 1.82) is 0 Å². The molecule has 0 bridgehead atoms. The molecule has 0 aliphatic rings. The van der Waals surface area contributed by atoms with E-state index >= 15 is 0 Å². The summed E-state index contributed by atoms with van der Waals surface area (Å²) in [7, 11) is 0. The molecular formula is C10H16N2O2. The maximum Gasteiger partial charge on any atom is 0.144 e. The minimum atomic E-state index is 0.0321. The number of nitrogens with one attached hydrogen (secondary N) is 2. The van der Waals surface area contributed by atoms with Gasteiger partial charge < -0.3 is 10.6 Å². The van der Waals surface area contributed by atoms with Crippen molar-refractivity contribution in [2.75, 3.05) is 13.1 Å². The minimum Gasteiger partial charge on any atom is -0.387 e. The zero-order valence-corrected chi connectivity index (χ0v) is 8.54. The molecule has 0 aromatic rings. The molecule has 0 saturated heterocycles. The summed E-state index contributed by atoms with van der Waals surface area (Å²) in [5, 5.41) is 6.12. The number of rotatable bonds is 7. The van der Waals surface area contributed by atoms with E-state index < -0.39 is 0 Å². The van der Waals surface area contributed by atoms with Crippen LogP contribution in [0.4, 0.5) is 0 Å². The zero-order chi connectivity index (χ0) is 10.8. The van der Waals surface area contributed by atoms with Crippen LogP contribution in [0.1, 0.15) is 13.8 Å². The van der Waals surface area contributed by atoms with Crippen LogP contribution in [-0.2, 0) is 9.59 Å². The first-order chi connectivity index (χ1) is 6.70. The Hall–Kier alpha value is -1.38. The molecule has 1 atom stereocenters. The van der Waals surface area contributed by atoms with Crippen molar-refractivity contribution < 1.29 is 9.59 Å². The van der Waals surface area contributed by atoms with Crippen molar-refractivity contribution in [2.45, 2.75) is 19.9 Å². The topological polar surface area (TPSA) is 58.2 Å². The number of aldehydes is 1. The Bertz CT molecular complexity index is 243. The maximum absolute atomic E-state index is 10.1. The van der Waals surface area contributed by atoms with Crippen molar-refractivity contribution in [3.05, 3.63) is 17.8 Å². The molecule has 14 heavy (non-hydrogen) atoms. The molecule has 0 saturated carbocycles. The predicted molar refractivity (Wildman–Crippen MR) is 55.6 cm³/mol. The van der Waals surface area contributed by atoms with Gasteiger partial charge in [-0.15, -0.1) is 0 Å². The highest BCUT2D eigenvalue weighted by molar-refractivity contribution is 5.65. The minimum absolute atomic E-state index is 0.0321. The fraction of sp³-hybridized carbons (Fsp3) is 0.500. The van der Waals surface area contributed by atoms with Crippen LogP contribution >= 0.6 is 0 Å². The first-order valence-electron chi connectivity index (χ1n) is 4.51. The van der Waals surface area contributed by atoms with Crippen LogP contribution in [0.5, 0.6) is 0 Å². The van der Waals surface area contributed by atoms with E-state index in [-0.39, 0.29) is 6.04 Å². The van der Waals surface area contributed by atoms with E-state index in [1.165, 1.54) is 12.2 Å². The number of hydrogen-bond acceptors (Lipinski definition) is 4. The molecule has 0 amide bonds. The smallest absolute Gasteiger partial charge is 0.144 e. The Kier molecular flexibility index (Phi) is 7.42. The molecule has 0 fully saturated rings. The van der Waals surface area contributed by atoms with Gasteiger partial charge in [0.2, 0.25) is 0 Å². The van der Waals surface area contributed by atoms with Gasteiger partial charge in [0.15, 0.2) is 0 Å². The van der Waals surface area contributed by atoms with Gasteiger partial charge in [-0.25, -0.2) is 4.79 Å². The summed E-state index contributed by atoms with van der Waals surface area (Å²) >= 11 is 0. The van der Waals surface area contributed by atoms with Gasteiger partial charge in [-0.05, 0) is 19.9 Å². The molecule has 2 N–H and O–H groups in total. The highest BCUT2D eigenvalue weighted by atomic mass is 16.1. The molecule has 4 heteroatoms. The lowest BCUT2D eigenvalue weighted by Crippen LogP contribution is -2.31. The second kappa shape index (κ2) is 8.23. The number of hydrogen-bond donors (Lipinski definition) is 2. The molecular weight excluding hydrogens is 180 g/mol. The summed E-state index contributed by atoms with van der Waals surface area (Å²) < 4.78 is 0. The van der Waals surface area contributed by atoms with E-state index in [1.54, 1.807) is 5.94 Å². The second-order valence-corrected chi connectivity index (χ2v) is 2.94. The van der Waals surface area contributed by atoms with Gasteiger partial charge in [-0.3, -0.25) is 4.79 Å². The molecule has 0 heterocycles. The first-order valence-corrected chi connectivity index (χ1v) is 4.51. The molecule has 0 rings (SSSR count). The summed E-state index contributed by atoms with van der Waals surface area (Å²) in [6.45, 7) is 5.14. The normalized spacial score (nSPS) is 12.9. The zero-order valence-electron chi connectivity index (χ0n) is 8.54. The molecule has 0 spiro atoms. The highest BCUT2D eigenvalue weighted by Crippen LogP contribution is 1.82. The van der Waals surface area contributed by atoms with Gasteiger partial charge in [0.25, 0.3) is 0 Å². The average molecular weight is 196 g/mol. The third-order valence-corrected chi connectivity index (χ3v) is 1.63. The molecule has 1 unspecified atom stereocenters. The molecule has 0 aliphatic carbocycles. The third-order valence-electron chi connectivity index (χ3n) is 1.63. The molecule has 0 radical (unpaired) electrons. The van der Waals surface area contributed by atoms with Crippen LogP contribution in [-0.4, -0.2) is 31.4 Å². The fourth-order valence-electron chi connectivity index (χ4n) is 0.881. The SMILES string of the molecule is CC(=CC=O)NCCNC(C)C=C=O. The van der Waals surface area contributed by atoms with Crippen molar-refractivity contribution in [3.8, 4) is 0 Å². The highest BCUT2D eigenvalue weighted by Gasteiger charge is 1.94. The van der Waals surface area contributed by atoms with Crippen LogP contribution < -0.4 is 10.6 Å². The maximum atomic E-state index is 10.1. The molecule has 0 aromatic carbocycles. The van der Waals surface area contributed by atoms with E-state index in [4.69, 9.17) is 0 Å². The quantitative estimate of drug-likeness (QED) is 0.261. The van der Waals surface area contributed by atoms with Crippen molar-refractivity contribution in [3.63, 3.8) is 0 Å².